The number of nitrogens with zero attached hydrogens (tertiary/aromatic N) is 2. The fourth-order valence-corrected chi connectivity index (χ4v) is 4.96. The molecule has 5 rings (SSSR count). The predicted octanol–water partition coefficient (Wildman–Crippen LogP) is 3.30. The molecule has 4 aromatic rings. The van der Waals surface area contributed by atoms with Crippen LogP contribution in [-0.2, 0) is 11.3 Å². The molecule has 5 N–H and O–H groups in total. The Morgan fingerprint density at radius 1 is 1.13 bits per heavy atom. The molecular weight excluding hydrogens is 496 g/mol. The van der Waals surface area contributed by atoms with Gasteiger partial charge in [0.05, 0.1) is 24.7 Å². The first-order valence-electron chi connectivity index (χ1n) is 12.3. The molecule has 39 heavy (non-hydrogen) atoms. The van der Waals surface area contributed by atoms with Gasteiger partial charge in [0.25, 0.3) is 5.91 Å². The number of hydrogen-bond acceptors (Lipinski definition) is 6. The maximum absolute atomic E-state index is 13.4. The van der Waals surface area contributed by atoms with Gasteiger partial charge >= 0.3 is 0 Å². The summed E-state index contributed by atoms with van der Waals surface area (Å²) in [6.07, 6.45) is 0. The van der Waals surface area contributed by atoms with Crippen LogP contribution in [0.15, 0.2) is 60.7 Å². The van der Waals surface area contributed by atoms with Gasteiger partial charge < -0.3 is 26.0 Å². The van der Waals surface area contributed by atoms with Crippen LogP contribution in [0.4, 0.5) is 5.69 Å². The molecule has 0 unspecified atom stereocenters. The third-order valence-electron chi connectivity index (χ3n) is 6.94. The molecule has 1 aromatic heterocycles. The number of amides is 3. The van der Waals surface area contributed by atoms with Gasteiger partial charge in [0.2, 0.25) is 11.8 Å². The van der Waals surface area contributed by atoms with E-state index in [1.807, 2.05) is 30.3 Å². The number of nitrogens with one attached hydrogen (secondary N) is 3. The summed E-state index contributed by atoms with van der Waals surface area (Å²) in [6.45, 7) is 4.30. The van der Waals surface area contributed by atoms with Crippen LogP contribution in [0.5, 0.6) is 5.75 Å². The van der Waals surface area contributed by atoms with Gasteiger partial charge in [-0.1, -0.05) is 18.7 Å². The molecule has 198 valence electrons. The van der Waals surface area contributed by atoms with E-state index in [1.165, 1.54) is 14.2 Å². The lowest BCUT2D eigenvalue weighted by molar-refractivity contribution is -0.117. The molecular formula is C29H28N6O4. The number of carbonyl (C=O) groups is 3. The number of aromatic amines is 1. The van der Waals surface area contributed by atoms with Crippen molar-refractivity contribution in [2.24, 2.45) is 5.73 Å². The number of H-pyrrole nitrogens is 1. The molecule has 0 bridgehead atoms. The van der Waals surface area contributed by atoms with Gasteiger partial charge in [-0.25, -0.2) is 0 Å². The molecule has 0 aliphatic carbocycles. The van der Waals surface area contributed by atoms with Crippen molar-refractivity contribution < 1.29 is 19.1 Å². The molecule has 0 saturated carbocycles. The van der Waals surface area contributed by atoms with Crippen LogP contribution >= 0.6 is 0 Å². The Hall–Kier alpha value is -5.12. The number of ether oxygens (including phenoxy) is 1. The lowest BCUT2D eigenvalue weighted by Gasteiger charge is -2.16. The van der Waals surface area contributed by atoms with Crippen molar-refractivity contribution in [3.05, 3.63) is 77.4 Å². The van der Waals surface area contributed by atoms with Gasteiger partial charge in [-0.05, 0) is 53.1 Å². The second-order valence-electron chi connectivity index (χ2n) is 9.26. The summed E-state index contributed by atoms with van der Waals surface area (Å²) in [5, 5.41) is 14.0. The highest BCUT2D eigenvalue weighted by molar-refractivity contribution is 6.07. The van der Waals surface area contributed by atoms with Gasteiger partial charge in [0.1, 0.15) is 11.4 Å². The number of likely N-dealkylation sites (N-methyl/N-ethyl adjacent to an activating group) is 1. The summed E-state index contributed by atoms with van der Waals surface area (Å²) in [4.78, 5) is 39.0. The second kappa shape index (κ2) is 9.97. The molecule has 0 spiro atoms. The van der Waals surface area contributed by atoms with Gasteiger partial charge in [-0.15, -0.1) is 0 Å². The van der Waals surface area contributed by atoms with Gasteiger partial charge in [-0.3, -0.25) is 19.5 Å². The Bertz CT molecular complexity index is 1670. The average Bonchev–Trinajstić information content (AvgIpc) is 3.52. The van der Waals surface area contributed by atoms with Crippen molar-refractivity contribution >= 4 is 34.3 Å². The smallest absolute Gasteiger partial charge is 0.256 e. The van der Waals surface area contributed by atoms with Gasteiger partial charge in [0.15, 0.2) is 0 Å². The first-order chi connectivity index (χ1) is 18.7. The van der Waals surface area contributed by atoms with E-state index in [4.69, 9.17) is 10.5 Å². The van der Waals surface area contributed by atoms with Crippen LogP contribution in [0.2, 0.25) is 0 Å². The zero-order chi connectivity index (χ0) is 27.8. The minimum atomic E-state index is -0.566. The van der Waals surface area contributed by atoms with Crippen molar-refractivity contribution in [3.63, 3.8) is 0 Å². The van der Waals surface area contributed by atoms with E-state index in [1.54, 1.807) is 30.1 Å². The molecule has 0 fully saturated rings. The van der Waals surface area contributed by atoms with Crippen molar-refractivity contribution in [1.29, 1.82) is 0 Å². The molecule has 10 nitrogen and oxygen atoms in total. The van der Waals surface area contributed by atoms with Crippen LogP contribution in [0.25, 0.3) is 33.3 Å². The second-order valence-corrected chi connectivity index (χ2v) is 9.26. The lowest BCUT2D eigenvalue weighted by atomic mass is 9.94. The average molecular weight is 525 g/mol. The molecule has 2 heterocycles. The molecule has 3 amide bonds. The first kappa shape index (κ1) is 25.5. The van der Waals surface area contributed by atoms with E-state index in [9.17, 15) is 14.4 Å². The maximum atomic E-state index is 13.4. The summed E-state index contributed by atoms with van der Waals surface area (Å²) in [7, 11) is 4.83. The quantitative estimate of drug-likeness (QED) is 0.261. The van der Waals surface area contributed by atoms with Gasteiger partial charge in [0, 0.05) is 48.4 Å². The number of anilines is 1. The van der Waals surface area contributed by atoms with Crippen LogP contribution in [0.3, 0.4) is 0 Å². The Kier molecular flexibility index (Phi) is 6.53. The number of hydrogen-bond donors (Lipinski definition) is 4. The van der Waals surface area contributed by atoms with Crippen LogP contribution in [-0.4, -0.2) is 60.6 Å². The minimum Gasteiger partial charge on any atom is -0.497 e. The highest BCUT2D eigenvalue weighted by Crippen LogP contribution is 2.39. The highest BCUT2D eigenvalue weighted by Gasteiger charge is 2.33. The topological polar surface area (TPSA) is 142 Å². The van der Waals surface area contributed by atoms with Crippen molar-refractivity contribution in [2.75, 3.05) is 33.1 Å². The molecule has 0 radical (unpaired) electrons. The maximum Gasteiger partial charge on any atom is 0.256 e. The van der Waals surface area contributed by atoms with E-state index in [2.05, 4.69) is 27.4 Å². The van der Waals surface area contributed by atoms with E-state index in [0.717, 1.165) is 27.6 Å². The number of benzene rings is 3. The fraction of sp³-hybridized carbons (Fsp3) is 0.172. The number of nitrogens with two attached hydrogens (primary N) is 1. The molecule has 1 aliphatic heterocycles. The number of aromatic nitrogens is 2. The number of primary amides is 1. The standard InChI is InChI=1S/C29H28N6O4/c1-15(28(37)32-3)13-35-14-22-20(6-8-24(31-2)25(22)29(35)38)16-5-7-23-21(12-16)26(34-33-23)17-9-18(27(30)36)11-19(10-17)39-4/h5-12,31H,1,13-14H2,2-4H3,(H2,30,36)(H,32,37)(H,33,34). The zero-order valence-corrected chi connectivity index (χ0v) is 21.8. The molecule has 3 aromatic carbocycles. The van der Waals surface area contributed by atoms with E-state index < -0.39 is 5.91 Å². The molecule has 0 saturated heterocycles. The summed E-state index contributed by atoms with van der Waals surface area (Å²) in [5.74, 6) is -0.542. The van der Waals surface area contributed by atoms with E-state index >= 15 is 0 Å². The minimum absolute atomic E-state index is 0.124. The summed E-state index contributed by atoms with van der Waals surface area (Å²) < 4.78 is 5.37. The summed E-state index contributed by atoms with van der Waals surface area (Å²) in [5.41, 5.74) is 12.2. The number of rotatable bonds is 8. The monoisotopic (exact) mass is 524 g/mol. The van der Waals surface area contributed by atoms with Crippen molar-refractivity contribution in [2.45, 2.75) is 6.54 Å². The number of fused-ring (bicyclic) bond motifs is 2. The zero-order valence-electron chi connectivity index (χ0n) is 21.8. The molecule has 10 heteroatoms. The lowest BCUT2D eigenvalue weighted by Crippen LogP contribution is -2.31. The van der Waals surface area contributed by atoms with Crippen LogP contribution < -0.4 is 21.1 Å². The Labute approximate surface area is 224 Å². The van der Waals surface area contributed by atoms with E-state index in [-0.39, 0.29) is 18.4 Å². The van der Waals surface area contributed by atoms with Crippen molar-refractivity contribution in [1.82, 2.24) is 20.4 Å². The van der Waals surface area contributed by atoms with E-state index in [0.29, 0.717) is 45.9 Å². The van der Waals surface area contributed by atoms with Crippen molar-refractivity contribution in [3.8, 4) is 28.1 Å². The Balaban J connectivity index is 1.60. The third-order valence-corrected chi connectivity index (χ3v) is 6.94. The van der Waals surface area contributed by atoms with Crippen LogP contribution in [0.1, 0.15) is 26.3 Å². The SMILES string of the molecule is C=C(CN1Cc2c(-c3ccc4[nH]nc(-c5cc(OC)cc(C(N)=O)c5)c4c3)ccc(NC)c2C1=O)C(=O)NC. The summed E-state index contributed by atoms with van der Waals surface area (Å²) in [6, 6.07) is 14.8. The largest absolute Gasteiger partial charge is 0.497 e. The van der Waals surface area contributed by atoms with Crippen LogP contribution in [0, 0.1) is 0 Å². The molecule has 0 atom stereocenters. The normalized spacial score (nSPS) is 12.4. The fourth-order valence-electron chi connectivity index (χ4n) is 4.96. The number of methoxy groups -OCH3 is 1. The first-order valence-corrected chi connectivity index (χ1v) is 12.3. The summed E-state index contributed by atoms with van der Waals surface area (Å²) >= 11 is 0. The highest BCUT2D eigenvalue weighted by atomic mass is 16.5. The van der Waals surface area contributed by atoms with Gasteiger partial charge in [-0.2, -0.15) is 5.10 Å². The third kappa shape index (κ3) is 4.46. The predicted molar refractivity (Wildman–Crippen MR) is 150 cm³/mol. The Morgan fingerprint density at radius 2 is 1.92 bits per heavy atom. The molecule has 1 aliphatic rings. The Morgan fingerprint density at radius 3 is 2.62 bits per heavy atom. The number of carbonyl (C=O) groups excluding carboxylic acids is 3.